The fourth-order valence-electron chi connectivity index (χ4n) is 2.48. The summed E-state index contributed by atoms with van der Waals surface area (Å²) in [6, 6.07) is 6.69. The van der Waals surface area contributed by atoms with Crippen LogP contribution in [0.2, 0.25) is 0 Å². The molecule has 23 heavy (non-hydrogen) atoms. The molecular weight excluding hydrogens is 336 g/mol. The second-order valence-corrected chi connectivity index (χ2v) is 7.39. The van der Waals surface area contributed by atoms with Crippen molar-refractivity contribution in [3.63, 3.8) is 0 Å². The smallest absolute Gasteiger partial charge is 0.240 e. The van der Waals surface area contributed by atoms with E-state index in [0.29, 0.717) is 11.5 Å². The van der Waals surface area contributed by atoms with Crippen LogP contribution in [0.1, 0.15) is 39.0 Å². The number of sulfonamides is 1. The van der Waals surface area contributed by atoms with Gasteiger partial charge in [0, 0.05) is 6.04 Å². The van der Waals surface area contributed by atoms with Crippen molar-refractivity contribution in [2.75, 3.05) is 19.7 Å². The van der Waals surface area contributed by atoms with Gasteiger partial charge in [0.2, 0.25) is 10.0 Å². The summed E-state index contributed by atoms with van der Waals surface area (Å²) in [5.41, 5.74) is 0. The molecule has 1 aromatic rings. The van der Waals surface area contributed by atoms with E-state index >= 15 is 0 Å². The highest BCUT2D eigenvalue weighted by Crippen LogP contribution is 2.17. The van der Waals surface area contributed by atoms with E-state index in [0.717, 1.165) is 50.9 Å². The lowest BCUT2D eigenvalue weighted by molar-refractivity contribution is 0.306. The van der Waals surface area contributed by atoms with Crippen molar-refractivity contribution < 1.29 is 13.2 Å². The zero-order chi connectivity index (χ0) is 15.8. The zero-order valence-corrected chi connectivity index (χ0v) is 15.2. The SMILES string of the molecule is CCCCCOc1ccc(S(=O)(=O)NC2CCNCC2)cc1.Cl. The second kappa shape index (κ2) is 10.1. The van der Waals surface area contributed by atoms with Gasteiger partial charge in [-0.05, 0) is 56.6 Å². The zero-order valence-electron chi connectivity index (χ0n) is 13.6. The largest absolute Gasteiger partial charge is 0.494 e. The third-order valence-electron chi connectivity index (χ3n) is 3.81. The maximum absolute atomic E-state index is 12.3. The molecule has 1 aromatic carbocycles. The first-order valence-electron chi connectivity index (χ1n) is 8.08. The molecule has 0 radical (unpaired) electrons. The van der Waals surface area contributed by atoms with Gasteiger partial charge in [0.25, 0.3) is 0 Å². The molecule has 0 spiro atoms. The average molecular weight is 363 g/mol. The van der Waals surface area contributed by atoms with Crippen molar-refractivity contribution in [3.8, 4) is 5.75 Å². The number of ether oxygens (including phenoxy) is 1. The molecule has 2 rings (SSSR count). The van der Waals surface area contributed by atoms with Gasteiger partial charge in [0.05, 0.1) is 11.5 Å². The van der Waals surface area contributed by atoms with E-state index in [2.05, 4.69) is 17.0 Å². The minimum Gasteiger partial charge on any atom is -0.494 e. The predicted molar refractivity (Wildman–Crippen MR) is 94.9 cm³/mol. The van der Waals surface area contributed by atoms with Crippen LogP contribution in [-0.4, -0.2) is 34.2 Å². The molecule has 1 fully saturated rings. The van der Waals surface area contributed by atoms with Crippen LogP contribution < -0.4 is 14.8 Å². The van der Waals surface area contributed by atoms with Crippen molar-refractivity contribution in [2.24, 2.45) is 0 Å². The summed E-state index contributed by atoms with van der Waals surface area (Å²) >= 11 is 0. The Hall–Kier alpha value is -0.820. The van der Waals surface area contributed by atoms with E-state index < -0.39 is 10.0 Å². The molecular formula is C16H27ClN2O3S. The Bertz CT molecular complexity index is 543. The maximum atomic E-state index is 12.3. The number of nitrogens with one attached hydrogen (secondary N) is 2. The average Bonchev–Trinajstić information content (AvgIpc) is 2.53. The molecule has 0 aromatic heterocycles. The van der Waals surface area contributed by atoms with E-state index in [9.17, 15) is 8.42 Å². The van der Waals surface area contributed by atoms with Crippen LogP contribution >= 0.6 is 12.4 Å². The van der Waals surface area contributed by atoms with Gasteiger partial charge >= 0.3 is 0 Å². The summed E-state index contributed by atoms with van der Waals surface area (Å²) in [4.78, 5) is 0.298. The van der Waals surface area contributed by atoms with Crippen LogP contribution in [0, 0.1) is 0 Å². The third kappa shape index (κ3) is 6.67. The molecule has 132 valence electrons. The number of hydrogen-bond donors (Lipinski definition) is 2. The Morgan fingerprint density at radius 2 is 1.83 bits per heavy atom. The lowest BCUT2D eigenvalue weighted by Crippen LogP contribution is -2.42. The highest BCUT2D eigenvalue weighted by atomic mass is 35.5. The number of unbranched alkanes of at least 4 members (excludes halogenated alkanes) is 2. The molecule has 0 saturated carbocycles. The van der Waals surface area contributed by atoms with Crippen molar-refractivity contribution in [1.29, 1.82) is 0 Å². The Morgan fingerprint density at radius 3 is 2.43 bits per heavy atom. The summed E-state index contributed by atoms with van der Waals surface area (Å²) in [6.07, 6.45) is 4.99. The summed E-state index contributed by atoms with van der Waals surface area (Å²) < 4.78 is 33.1. The molecule has 0 atom stereocenters. The van der Waals surface area contributed by atoms with E-state index in [4.69, 9.17) is 4.74 Å². The van der Waals surface area contributed by atoms with Crippen LogP contribution in [0.25, 0.3) is 0 Å². The minimum absolute atomic E-state index is 0. The lowest BCUT2D eigenvalue weighted by atomic mass is 10.1. The summed E-state index contributed by atoms with van der Waals surface area (Å²) in [5.74, 6) is 0.719. The first kappa shape index (κ1) is 20.2. The van der Waals surface area contributed by atoms with Crippen LogP contribution in [0.3, 0.4) is 0 Å². The molecule has 1 aliphatic heterocycles. The Kier molecular flexibility index (Phi) is 8.91. The summed E-state index contributed by atoms with van der Waals surface area (Å²) in [5, 5.41) is 3.22. The van der Waals surface area contributed by atoms with Crippen molar-refractivity contribution in [3.05, 3.63) is 24.3 Å². The van der Waals surface area contributed by atoms with Gasteiger partial charge in [0.15, 0.2) is 0 Å². The van der Waals surface area contributed by atoms with E-state index in [1.807, 2.05) is 0 Å². The second-order valence-electron chi connectivity index (χ2n) is 5.67. The fourth-order valence-corrected chi connectivity index (χ4v) is 3.79. The van der Waals surface area contributed by atoms with Gasteiger partial charge < -0.3 is 10.1 Å². The highest BCUT2D eigenvalue weighted by Gasteiger charge is 2.21. The van der Waals surface area contributed by atoms with Gasteiger partial charge in [0.1, 0.15) is 5.75 Å². The molecule has 5 nitrogen and oxygen atoms in total. The van der Waals surface area contributed by atoms with E-state index in [1.54, 1.807) is 24.3 Å². The van der Waals surface area contributed by atoms with Crippen LogP contribution in [-0.2, 0) is 10.0 Å². The molecule has 2 N–H and O–H groups in total. The molecule has 0 unspecified atom stereocenters. The quantitative estimate of drug-likeness (QED) is 0.698. The summed E-state index contributed by atoms with van der Waals surface area (Å²) in [7, 11) is -3.44. The van der Waals surface area contributed by atoms with E-state index in [-0.39, 0.29) is 18.4 Å². The van der Waals surface area contributed by atoms with Crippen molar-refractivity contribution in [2.45, 2.75) is 50.0 Å². The molecule has 1 saturated heterocycles. The molecule has 7 heteroatoms. The Morgan fingerprint density at radius 1 is 1.17 bits per heavy atom. The number of rotatable bonds is 8. The predicted octanol–water partition coefficient (Wildman–Crippen LogP) is 2.71. The molecule has 1 heterocycles. The highest BCUT2D eigenvalue weighted by molar-refractivity contribution is 7.89. The lowest BCUT2D eigenvalue weighted by Gasteiger charge is -2.23. The summed E-state index contributed by atoms with van der Waals surface area (Å²) in [6.45, 7) is 4.54. The molecule has 0 bridgehead atoms. The maximum Gasteiger partial charge on any atom is 0.240 e. The van der Waals surface area contributed by atoms with Gasteiger partial charge in [-0.1, -0.05) is 19.8 Å². The number of hydrogen-bond acceptors (Lipinski definition) is 4. The Labute approximate surface area is 145 Å². The van der Waals surface area contributed by atoms with Crippen LogP contribution in [0.4, 0.5) is 0 Å². The number of piperidine rings is 1. The van der Waals surface area contributed by atoms with Crippen LogP contribution in [0.15, 0.2) is 29.2 Å². The molecule has 0 aliphatic carbocycles. The first-order chi connectivity index (χ1) is 10.6. The van der Waals surface area contributed by atoms with Crippen LogP contribution in [0.5, 0.6) is 5.75 Å². The monoisotopic (exact) mass is 362 g/mol. The standard InChI is InChI=1S/C16H26N2O3S.ClH/c1-2-3-4-13-21-15-5-7-16(8-6-15)22(19,20)18-14-9-11-17-12-10-14;/h5-8,14,17-18H,2-4,9-13H2,1H3;1H. The van der Waals surface area contributed by atoms with Gasteiger partial charge in [-0.15, -0.1) is 12.4 Å². The van der Waals surface area contributed by atoms with Gasteiger partial charge in [-0.25, -0.2) is 13.1 Å². The number of benzene rings is 1. The van der Waals surface area contributed by atoms with E-state index in [1.165, 1.54) is 0 Å². The van der Waals surface area contributed by atoms with Crippen molar-refractivity contribution >= 4 is 22.4 Å². The first-order valence-corrected chi connectivity index (χ1v) is 9.56. The van der Waals surface area contributed by atoms with Gasteiger partial charge in [-0.3, -0.25) is 0 Å². The fraction of sp³-hybridized carbons (Fsp3) is 0.625. The normalized spacial score (nSPS) is 15.9. The van der Waals surface area contributed by atoms with Crippen molar-refractivity contribution in [1.82, 2.24) is 10.0 Å². The molecule has 0 amide bonds. The minimum atomic E-state index is -3.44. The van der Waals surface area contributed by atoms with Gasteiger partial charge in [-0.2, -0.15) is 0 Å². The third-order valence-corrected chi connectivity index (χ3v) is 5.35. The Balaban J connectivity index is 0.00000264. The topological polar surface area (TPSA) is 67.4 Å². The number of halogens is 1. The molecule has 1 aliphatic rings.